The van der Waals surface area contributed by atoms with Crippen molar-refractivity contribution in [3.05, 3.63) is 27.5 Å². The summed E-state index contributed by atoms with van der Waals surface area (Å²) >= 11 is 1.17. The Bertz CT molecular complexity index is 1090. The Kier molecular flexibility index (Phi) is 8.52. The van der Waals surface area contributed by atoms with E-state index in [1.54, 1.807) is 0 Å². The number of hydrogen-bond acceptors (Lipinski definition) is 6. The molecule has 0 aromatic carbocycles. The van der Waals surface area contributed by atoms with Crippen LogP contribution in [0.1, 0.15) is 94.1 Å². The fourth-order valence-corrected chi connectivity index (χ4v) is 6.58. The molecule has 37 heavy (non-hydrogen) atoms. The molecule has 1 aromatic rings. The molecule has 2 heterocycles. The molecule has 0 bridgehead atoms. The summed E-state index contributed by atoms with van der Waals surface area (Å²) in [5, 5.41) is 13.5. The third kappa shape index (κ3) is 6.85. The number of Topliss-reactive ketones (excluding diaryl/α,β-unsaturated/α-hetero) is 1. The molecule has 2 fully saturated rings. The van der Waals surface area contributed by atoms with Crippen LogP contribution in [0, 0.1) is 29.1 Å². The van der Waals surface area contributed by atoms with Crippen LogP contribution in [-0.2, 0) is 14.3 Å². The van der Waals surface area contributed by atoms with Gasteiger partial charge in [-0.1, -0.05) is 30.4 Å². The average molecular weight is 528 g/mol. The number of rotatable bonds is 7. The average Bonchev–Trinajstić information content (AvgIpc) is 3.48. The van der Waals surface area contributed by atoms with Gasteiger partial charge in [-0.15, -0.1) is 11.3 Å². The summed E-state index contributed by atoms with van der Waals surface area (Å²) < 4.78 is 11.8. The zero-order chi connectivity index (χ0) is 26.8. The molecule has 4 rings (SSSR count). The first-order valence-electron chi connectivity index (χ1n) is 13.6. The lowest BCUT2D eigenvalue weighted by Crippen LogP contribution is -2.54. The molecule has 1 saturated heterocycles. The maximum absolute atomic E-state index is 14.3. The molecule has 202 valence electrons. The van der Waals surface area contributed by atoms with E-state index in [2.05, 4.69) is 37.1 Å². The number of ether oxygens (including phenoxy) is 2. The first-order valence-corrected chi connectivity index (χ1v) is 14.4. The lowest BCUT2D eigenvalue weighted by Gasteiger charge is -2.44. The van der Waals surface area contributed by atoms with Crippen LogP contribution in [-0.4, -0.2) is 47.8 Å². The first kappa shape index (κ1) is 27.9. The Hall–Kier alpha value is -2.14. The summed E-state index contributed by atoms with van der Waals surface area (Å²) in [5.74, 6) is 5.72. The minimum atomic E-state index is -0.998. The monoisotopic (exact) mass is 527 g/mol. The number of aromatic carboxylic acids is 1. The summed E-state index contributed by atoms with van der Waals surface area (Å²) in [6.45, 7) is 11.7. The second-order valence-electron chi connectivity index (χ2n) is 12.1. The van der Waals surface area contributed by atoms with Gasteiger partial charge in [-0.2, -0.15) is 0 Å². The molecule has 0 spiro atoms. The molecular formula is C30H41NO5S. The van der Waals surface area contributed by atoms with Crippen molar-refractivity contribution in [3.8, 4) is 11.8 Å². The van der Waals surface area contributed by atoms with E-state index in [0.29, 0.717) is 30.0 Å². The predicted molar refractivity (Wildman–Crippen MR) is 147 cm³/mol. The molecule has 0 radical (unpaired) electrons. The zero-order valence-corrected chi connectivity index (χ0v) is 23.6. The van der Waals surface area contributed by atoms with Crippen LogP contribution in [0.15, 0.2) is 17.7 Å². The number of carbonyl (C=O) groups is 2. The van der Waals surface area contributed by atoms with Gasteiger partial charge in [0.15, 0.2) is 5.78 Å². The van der Waals surface area contributed by atoms with E-state index >= 15 is 0 Å². The number of nitrogens with one attached hydrogen (secondary N) is 1. The number of carboxylic acids is 1. The normalized spacial score (nSPS) is 30.2. The van der Waals surface area contributed by atoms with Crippen molar-refractivity contribution >= 4 is 28.8 Å². The summed E-state index contributed by atoms with van der Waals surface area (Å²) in [4.78, 5) is 27.4. The Labute approximate surface area is 225 Å². The van der Waals surface area contributed by atoms with Crippen LogP contribution in [0.2, 0.25) is 0 Å². The Morgan fingerprint density at radius 2 is 1.95 bits per heavy atom. The molecule has 2 N–H and O–H groups in total. The number of hydrogen-bond donors (Lipinski definition) is 2. The van der Waals surface area contributed by atoms with Gasteiger partial charge in [0.1, 0.15) is 4.88 Å². The molecule has 1 aromatic heterocycles. The van der Waals surface area contributed by atoms with Crippen molar-refractivity contribution in [2.45, 2.75) is 97.3 Å². The number of anilines is 1. The first-order chi connectivity index (χ1) is 17.5. The lowest BCUT2D eigenvalue weighted by atomic mass is 9.68. The van der Waals surface area contributed by atoms with Crippen molar-refractivity contribution in [2.24, 2.45) is 17.3 Å². The van der Waals surface area contributed by atoms with Gasteiger partial charge in [0.25, 0.3) is 0 Å². The lowest BCUT2D eigenvalue weighted by molar-refractivity contribution is -0.131. The Morgan fingerprint density at radius 3 is 2.54 bits per heavy atom. The van der Waals surface area contributed by atoms with Gasteiger partial charge >= 0.3 is 5.97 Å². The van der Waals surface area contributed by atoms with E-state index in [-0.39, 0.29) is 40.1 Å². The van der Waals surface area contributed by atoms with Gasteiger partial charge < -0.3 is 19.9 Å². The molecule has 3 atom stereocenters. The van der Waals surface area contributed by atoms with E-state index in [1.165, 1.54) is 16.9 Å². The minimum absolute atomic E-state index is 0.0797. The van der Waals surface area contributed by atoms with Crippen molar-refractivity contribution in [1.29, 1.82) is 0 Å². The fraction of sp³-hybridized carbons (Fsp3) is 0.667. The Balaban J connectivity index is 1.62. The quantitative estimate of drug-likeness (QED) is 0.320. The molecule has 1 saturated carbocycles. The van der Waals surface area contributed by atoms with Crippen molar-refractivity contribution in [3.63, 3.8) is 0 Å². The van der Waals surface area contributed by atoms with E-state index < -0.39 is 11.5 Å². The van der Waals surface area contributed by atoms with Crippen molar-refractivity contribution in [2.75, 3.05) is 18.5 Å². The number of carbonyl (C=O) groups excluding carboxylic acids is 1. The van der Waals surface area contributed by atoms with Crippen LogP contribution >= 0.6 is 11.3 Å². The SMILES string of the molecule is CC1=CCC(C(=O)[C@]2(Nc3cc(C#CC(C)(C)C)sc3C(=O)O)CC[C@@H](O[C@@H]3CCOC3)CC2)[C@@H](C)C1. The van der Waals surface area contributed by atoms with Gasteiger partial charge in [0.05, 0.1) is 34.9 Å². The van der Waals surface area contributed by atoms with Gasteiger partial charge in [-0.3, -0.25) is 4.79 Å². The highest BCUT2D eigenvalue weighted by Gasteiger charge is 2.47. The molecular weight excluding hydrogens is 486 g/mol. The number of ketones is 1. The molecule has 6 nitrogen and oxygen atoms in total. The van der Waals surface area contributed by atoms with E-state index in [4.69, 9.17) is 9.47 Å². The highest BCUT2D eigenvalue weighted by Crippen LogP contribution is 2.42. The summed E-state index contributed by atoms with van der Waals surface area (Å²) in [6, 6.07) is 1.81. The molecule has 3 aliphatic rings. The van der Waals surface area contributed by atoms with E-state index in [1.807, 2.05) is 26.8 Å². The van der Waals surface area contributed by atoms with Crippen LogP contribution in [0.3, 0.4) is 0 Å². The largest absolute Gasteiger partial charge is 0.477 e. The molecule has 2 aliphatic carbocycles. The van der Waals surface area contributed by atoms with Gasteiger partial charge in [-0.25, -0.2) is 4.79 Å². The second-order valence-corrected chi connectivity index (χ2v) is 13.2. The van der Waals surface area contributed by atoms with Crippen LogP contribution in [0.4, 0.5) is 5.69 Å². The minimum Gasteiger partial charge on any atom is -0.477 e. The highest BCUT2D eigenvalue weighted by molar-refractivity contribution is 7.15. The van der Waals surface area contributed by atoms with Crippen molar-refractivity contribution < 1.29 is 24.2 Å². The molecule has 1 aliphatic heterocycles. The maximum atomic E-state index is 14.3. The summed E-state index contributed by atoms with van der Waals surface area (Å²) in [6.07, 6.45) is 7.75. The number of thiophene rings is 1. The smallest absolute Gasteiger partial charge is 0.348 e. The van der Waals surface area contributed by atoms with Crippen LogP contribution < -0.4 is 5.32 Å². The van der Waals surface area contributed by atoms with Gasteiger partial charge in [0, 0.05) is 17.9 Å². The second kappa shape index (κ2) is 11.3. The molecule has 0 amide bonds. The molecule has 7 heteroatoms. The zero-order valence-electron chi connectivity index (χ0n) is 22.8. The maximum Gasteiger partial charge on any atom is 0.348 e. The molecule has 1 unspecified atom stereocenters. The van der Waals surface area contributed by atoms with Gasteiger partial charge in [0.2, 0.25) is 0 Å². The van der Waals surface area contributed by atoms with E-state index in [0.717, 1.165) is 38.7 Å². The van der Waals surface area contributed by atoms with Gasteiger partial charge in [-0.05, 0) is 84.6 Å². The van der Waals surface area contributed by atoms with Crippen LogP contribution in [0.25, 0.3) is 0 Å². The summed E-state index contributed by atoms with van der Waals surface area (Å²) in [7, 11) is 0. The standard InChI is InChI=1S/C30H41NO5S/c1-19-6-7-24(20(2)16-19)27(32)30(13-8-21(9-14-30)36-22-11-15-35-18-22)31-25-17-23(10-12-29(3,4)5)37-26(25)28(33)34/h6,17,20-22,24,31H,7-9,11,13-16,18H2,1-5H3,(H,33,34)/t20-,21-,22+,24?,30+/m0/s1. The van der Waals surface area contributed by atoms with E-state index in [9.17, 15) is 14.7 Å². The highest BCUT2D eigenvalue weighted by atomic mass is 32.1. The third-order valence-corrected chi connectivity index (χ3v) is 8.82. The predicted octanol–water partition coefficient (Wildman–Crippen LogP) is 6.30. The topological polar surface area (TPSA) is 84.9 Å². The van der Waals surface area contributed by atoms with Crippen LogP contribution in [0.5, 0.6) is 0 Å². The Morgan fingerprint density at radius 1 is 1.22 bits per heavy atom. The third-order valence-electron chi connectivity index (χ3n) is 7.78. The number of allylic oxidation sites excluding steroid dienone is 2. The fourth-order valence-electron chi connectivity index (χ4n) is 5.77. The number of carboxylic acid groups (broad SMARTS) is 1. The summed E-state index contributed by atoms with van der Waals surface area (Å²) in [5.41, 5.74) is 0.832. The van der Waals surface area contributed by atoms with Crippen molar-refractivity contribution in [1.82, 2.24) is 0 Å².